The molecule has 0 bridgehead atoms. The van der Waals surface area contributed by atoms with Crippen molar-refractivity contribution in [2.45, 2.75) is 19.8 Å². The fraction of sp³-hybridized carbons (Fsp3) is 0.421. The predicted molar refractivity (Wildman–Crippen MR) is 99.9 cm³/mol. The molecule has 1 saturated heterocycles. The lowest BCUT2D eigenvalue weighted by molar-refractivity contribution is -0.120. The number of aromatic nitrogens is 2. The summed E-state index contributed by atoms with van der Waals surface area (Å²) >= 11 is 0. The average Bonchev–Trinajstić information content (AvgIpc) is 2.68. The van der Waals surface area contributed by atoms with Crippen molar-refractivity contribution >= 4 is 17.5 Å². The van der Waals surface area contributed by atoms with Crippen LogP contribution in [-0.4, -0.2) is 43.2 Å². The first-order valence-corrected chi connectivity index (χ1v) is 8.68. The van der Waals surface area contributed by atoms with Gasteiger partial charge in [-0.05, 0) is 38.0 Å². The molecule has 1 fully saturated rings. The van der Waals surface area contributed by atoms with E-state index in [2.05, 4.69) is 20.2 Å². The average molecular weight is 356 g/mol. The van der Waals surface area contributed by atoms with Crippen molar-refractivity contribution in [1.29, 1.82) is 0 Å². The Morgan fingerprint density at radius 2 is 2.12 bits per heavy atom. The lowest BCUT2D eigenvalue weighted by Crippen LogP contribution is -2.41. The highest BCUT2D eigenvalue weighted by atomic mass is 16.5. The van der Waals surface area contributed by atoms with Gasteiger partial charge in [0.05, 0.1) is 25.8 Å². The van der Waals surface area contributed by atoms with E-state index < -0.39 is 0 Å². The Kier molecular flexibility index (Phi) is 5.55. The molecule has 1 N–H and O–H groups in total. The number of hydrogen-bond donors (Lipinski definition) is 1. The molecule has 1 aromatic carbocycles. The zero-order valence-electron chi connectivity index (χ0n) is 15.4. The number of benzene rings is 1. The van der Waals surface area contributed by atoms with E-state index in [0.717, 1.165) is 25.1 Å². The van der Waals surface area contributed by atoms with Gasteiger partial charge in [0.25, 0.3) is 0 Å². The minimum atomic E-state index is -0.125. The highest BCUT2D eigenvalue weighted by Crippen LogP contribution is 2.30. The maximum atomic E-state index is 12.8. The van der Waals surface area contributed by atoms with Gasteiger partial charge in [0.15, 0.2) is 0 Å². The topological polar surface area (TPSA) is 76.6 Å². The quantitative estimate of drug-likeness (QED) is 0.888. The molecule has 0 aliphatic carbocycles. The minimum absolute atomic E-state index is 0.0224. The molecule has 3 rings (SSSR count). The maximum absolute atomic E-state index is 12.8. The number of anilines is 2. The van der Waals surface area contributed by atoms with Crippen LogP contribution in [0.2, 0.25) is 0 Å². The number of nitrogens with zero attached hydrogens (tertiary/aromatic N) is 3. The van der Waals surface area contributed by atoms with Crippen LogP contribution in [0.5, 0.6) is 11.5 Å². The first-order valence-electron chi connectivity index (χ1n) is 8.68. The highest BCUT2D eigenvalue weighted by Gasteiger charge is 2.27. The number of hydrogen-bond acceptors (Lipinski definition) is 6. The lowest BCUT2D eigenvalue weighted by atomic mass is 9.97. The van der Waals surface area contributed by atoms with E-state index in [9.17, 15) is 4.79 Å². The Morgan fingerprint density at radius 3 is 2.85 bits per heavy atom. The number of carbonyl (C=O) groups is 1. The molecule has 0 radical (unpaired) electrons. The van der Waals surface area contributed by atoms with Crippen LogP contribution in [0.15, 0.2) is 30.5 Å². The van der Waals surface area contributed by atoms with Crippen LogP contribution in [0.3, 0.4) is 0 Å². The molecule has 1 amide bonds. The summed E-state index contributed by atoms with van der Waals surface area (Å²) in [6, 6.07) is 7.21. The van der Waals surface area contributed by atoms with Crippen LogP contribution in [0.25, 0.3) is 0 Å². The summed E-state index contributed by atoms with van der Waals surface area (Å²) in [4.78, 5) is 23.7. The van der Waals surface area contributed by atoms with E-state index in [-0.39, 0.29) is 11.8 Å². The number of amides is 1. The lowest BCUT2D eigenvalue weighted by Gasteiger charge is -2.32. The summed E-state index contributed by atoms with van der Waals surface area (Å²) in [7, 11) is 3.17. The molecule has 2 heterocycles. The number of piperidine rings is 1. The fourth-order valence-corrected chi connectivity index (χ4v) is 3.10. The Bertz CT molecular complexity index is 781. The number of ether oxygens (including phenoxy) is 2. The van der Waals surface area contributed by atoms with Crippen molar-refractivity contribution < 1.29 is 14.3 Å². The highest BCUT2D eigenvalue weighted by molar-refractivity contribution is 5.94. The molecule has 1 atom stereocenters. The van der Waals surface area contributed by atoms with Gasteiger partial charge in [-0.1, -0.05) is 0 Å². The third kappa shape index (κ3) is 4.04. The van der Waals surface area contributed by atoms with Gasteiger partial charge in [-0.15, -0.1) is 0 Å². The molecule has 0 spiro atoms. The molecule has 2 aromatic rings. The van der Waals surface area contributed by atoms with Crippen molar-refractivity contribution in [3.05, 3.63) is 36.2 Å². The summed E-state index contributed by atoms with van der Waals surface area (Å²) in [6.45, 7) is 3.40. The van der Waals surface area contributed by atoms with E-state index in [4.69, 9.17) is 9.47 Å². The van der Waals surface area contributed by atoms with Gasteiger partial charge < -0.3 is 19.7 Å². The molecule has 7 nitrogen and oxygen atoms in total. The zero-order valence-corrected chi connectivity index (χ0v) is 15.4. The Morgan fingerprint density at radius 1 is 1.27 bits per heavy atom. The van der Waals surface area contributed by atoms with E-state index in [1.54, 1.807) is 38.6 Å². The fourth-order valence-electron chi connectivity index (χ4n) is 3.10. The summed E-state index contributed by atoms with van der Waals surface area (Å²) < 4.78 is 10.5. The summed E-state index contributed by atoms with van der Waals surface area (Å²) in [5.74, 6) is 1.79. The molecule has 1 aromatic heterocycles. The summed E-state index contributed by atoms with van der Waals surface area (Å²) in [6.07, 6.45) is 3.52. The zero-order chi connectivity index (χ0) is 18.5. The second kappa shape index (κ2) is 8.03. The SMILES string of the molecule is COc1ccc(NC(=O)C2CCCN(c3nccc(C)n3)C2)c(OC)c1. The van der Waals surface area contributed by atoms with Crippen molar-refractivity contribution in [1.82, 2.24) is 9.97 Å². The molecular weight excluding hydrogens is 332 g/mol. The normalized spacial score (nSPS) is 16.9. The molecule has 1 aliphatic heterocycles. The monoisotopic (exact) mass is 356 g/mol. The second-order valence-electron chi connectivity index (χ2n) is 6.34. The van der Waals surface area contributed by atoms with Crippen LogP contribution in [0.1, 0.15) is 18.5 Å². The number of rotatable bonds is 5. The Labute approximate surface area is 153 Å². The summed E-state index contributed by atoms with van der Waals surface area (Å²) in [5, 5.41) is 2.98. The molecule has 26 heavy (non-hydrogen) atoms. The molecule has 138 valence electrons. The van der Waals surface area contributed by atoms with Crippen molar-refractivity contribution in [2.24, 2.45) is 5.92 Å². The molecule has 7 heteroatoms. The number of aryl methyl sites for hydroxylation is 1. The van der Waals surface area contributed by atoms with Crippen LogP contribution in [0, 0.1) is 12.8 Å². The number of carbonyl (C=O) groups excluding carboxylic acids is 1. The van der Waals surface area contributed by atoms with Gasteiger partial charge in [0.1, 0.15) is 11.5 Å². The molecule has 1 aliphatic rings. The molecular formula is C19H24N4O3. The third-order valence-corrected chi connectivity index (χ3v) is 4.52. The van der Waals surface area contributed by atoms with E-state index in [1.807, 2.05) is 13.0 Å². The van der Waals surface area contributed by atoms with E-state index in [1.165, 1.54) is 0 Å². The van der Waals surface area contributed by atoms with Gasteiger partial charge in [0, 0.05) is 31.0 Å². The van der Waals surface area contributed by atoms with Gasteiger partial charge in [-0.3, -0.25) is 4.79 Å². The summed E-state index contributed by atoms with van der Waals surface area (Å²) in [5.41, 5.74) is 1.56. The van der Waals surface area contributed by atoms with Gasteiger partial charge in [-0.2, -0.15) is 0 Å². The third-order valence-electron chi connectivity index (χ3n) is 4.52. The predicted octanol–water partition coefficient (Wildman–Crippen LogP) is 2.66. The maximum Gasteiger partial charge on any atom is 0.229 e. The van der Waals surface area contributed by atoms with Gasteiger partial charge in [-0.25, -0.2) is 9.97 Å². The molecule has 0 saturated carbocycles. The van der Waals surface area contributed by atoms with E-state index in [0.29, 0.717) is 29.7 Å². The smallest absolute Gasteiger partial charge is 0.229 e. The first kappa shape index (κ1) is 18.0. The largest absolute Gasteiger partial charge is 0.497 e. The van der Waals surface area contributed by atoms with Gasteiger partial charge >= 0.3 is 0 Å². The minimum Gasteiger partial charge on any atom is -0.497 e. The number of nitrogens with one attached hydrogen (secondary N) is 1. The first-order chi connectivity index (χ1) is 12.6. The van der Waals surface area contributed by atoms with Crippen LogP contribution in [-0.2, 0) is 4.79 Å². The Balaban J connectivity index is 1.70. The van der Waals surface area contributed by atoms with Crippen LogP contribution >= 0.6 is 0 Å². The van der Waals surface area contributed by atoms with Crippen molar-refractivity contribution in [2.75, 3.05) is 37.5 Å². The van der Waals surface area contributed by atoms with Crippen molar-refractivity contribution in [3.8, 4) is 11.5 Å². The Hall–Kier alpha value is -2.83. The van der Waals surface area contributed by atoms with Crippen LogP contribution < -0.4 is 19.7 Å². The van der Waals surface area contributed by atoms with Gasteiger partial charge in [0.2, 0.25) is 11.9 Å². The molecule has 1 unspecified atom stereocenters. The second-order valence-corrected chi connectivity index (χ2v) is 6.34. The van der Waals surface area contributed by atoms with Crippen molar-refractivity contribution in [3.63, 3.8) is 0 Å². The number of methoxy groups -OCH3 is 2. The van der Waals surface area contributed by atoms with E-state index >= 15 is 0 Å². The van der Waals surface area contributed by atoms with Crippen LogP contribution in [0.4, 0.5) is 11.6 Å². The standard InChI is InChI=1S/C19H24N4O3/c1-13-8-9-20-19(21-13)23-10-4-5-14(12-23)18(24)22-16-7-6-15(25-2)11-17(16)26-3/h6-9,11,14H,4-5,10,12H2,1-3H3,(H,22,24).